The van der Waals surface area contributed by atoms with E-state index in [4.69, 9.17) is 9.47 Å². The van der Waals surface area contributed by atoms with Gasteiger partial charge in [-0.05, 0) is 55.9 Å². The zero-order valence-corrected chi connectivity index (χ0v) is 19.5. The summed E-state index contributed by atoms with van der Waals surface area (Å²) in [6.45, 7) is 4.91. The van der Waals surface area contributed by atoms with Crippen molar-refractivity contribution >= 4 is 18.2 Å². The van der Waals surface area contributed by atoms with Gasteiger partial charge < -0.3 is 19.9 Å². The average molecular weight is 471 g/mol. The first kappa shape index (κ1) is 25.0. The summed E-state index contributed by atoms with van der Waals surface area (Å²) in [5.74, 6) is -1.38. The second-order valence-electron chi connectivity index (χ2n) is 9.11. The van der Waals surface area contributed by atoms with E-state index in [1.165, 1.54) is 0 Å². The number of ether oxygens (including phenoxy) is 2. The number of benzene rings is 2. The number of rotatable bonds is 8. The fourth-order valence-corrected chi connectivity index (χ4v) is 3.89. The molecule has 1 aliphatic carbocycles. The molecule has 3 N–H and O–H groups in total. The van der Waals surface area contributed by atoms with Crippen LogP contribution < -0.4 is 5.32 Å². The van der Waals surface area contributed by atoms with Crippen molar-refractivity contribution in [3.05, 3.63) is 59.7 Å². The molecule has 0 unspecified atom stereocenters. The number of carboxylic acids is 1. The Bertz CT molecular complexity index is 1000. The van der Waals surface area contributed by atoms with Gasteiger partial charge in [0.1, 0.15) is 18.2 Å². The molecule has 182 valence electrons. The van der Waals surface area contributed by atoms with Crippen molar-refractivity contribution in [1.29, 1.82) is 0 Å². The molecule has 1 atom stereocenters. The van der Waals surface area contributed by atoms with Crippen LogP contribution in [0.25, 0.3) is 11.1 Å². The average Bonchev–Trinajstić information content (AvgIpc) is 3.09. The molecule has 0 aromatic heterocycles. The summed E-state index contributed by atoms with van der Waals surface area (Å²) in [5.41, 5.74) is 3.52. The maximum absolute atomic E-state index is 12.4. The Kier molecular flexibility index (Phi) is 7.78. The van der Waals surface area contributed by atoms with Gasteiger partial charge in [-0.1, -0.05) is 48.5 Å². The van der Waals surface area contributed by atoms with E-state index in [0.29, 0.717) is 5.06 Å². The number of nitrogens with zero attached hydrogens (tertiary/aromatic N) is 1. The predicted octanol–water partition coefficient (Wildman–Crippen LogP) is 4.38. The van der Waals surface area contributed by atoms with Gasteiger partial charge in [0, 0.05) is 5.92 Å². The Morgan fingerprint density at radius 3 is 2.12 bits per heavy atom. The summed E-state index contributed by atoms with van der Waals surface area (Å²) in [6.07, 6.45) is -1.67. The van der Waals surface area contributed by atoms with E-state index >= 15 is 0 Å². The van der Waals surface area contributed by atoms with Crippen molar-refractivity contribution < 1.29 is 34.2 Å². The van der Waals surface area contributed by atoms with Crippen LogP contribution in [0.1, 0.15) is 50.7 Å². The molecule has 1 aliphatic rings. The van der Waals surface area contributed by atoms with Crippen LogP contribution in [0.3, 0.4) is 0 Å². The lowest BCUT2D eigenvalue weighted by molar-refractivity contribution is -0.139. The normalized spacial score (nSPS) is 13.4. The smallest absolute Gasteiger partial charge is 0.434 e. The number of alkyl carbamates (subject to hydrolysis) is 1. The first-order valence-electron chi connectivity index (χ1n) is 11.1. The van der Waals surface area contributed by atoms with Gasteiger partial charge in [0.05, 0.1) is 6.54 Å². The van der Waals surface area contributed by atoms with E-state index in [1.807, 2.05) is 48.5 Å². The number of carboxylic acid groups (broad SMARTS) is 1. The molecule has 0 saturated carbocycles. The van der Waals surface area contributed by atoms with Crippen LogP contribution in [0.15, 0.2) is 48.5 Å². The Morgan fingerprint density at radius 1 is 1.03 bits per heavy atom. The largest absolute Gasteiger partial charge is 0.480 e. The van der Waals surface area contributed by atoms with E-state index in [1.54, 1.807) is 20.8 Å². The minimum absolute atomic E-state index is 0.0145. The molecule has 9 nitrogen and oxygen atoms in total. The topological polar surface area (TPSA) is 125 Å². The summed E-state index contributed by atoms with van der Waals surface area (Å²) < 4.78 is 10.4. The molecule has 0 spiro atoms. The molecule has 2 aromatic carbocycles. The van der Waals surface area contributed by atoms with Crippen LogP contribution in [0.4, 0.5) is 9.59 Å². The number of fused-ring (bicyclic) bond motifs is 3. The van der Waals surface area contributed by atoms with Gasteiger partial charge in [-0.25, -0.2) is 14.4 Å². The Morgan fingerprint density at radius 2 is 1.59 bits per heavy atom. The van der Waals surface area contributed by atoms with E-state index in [2.05, 4.69) is 5.32 Å². The van der Waals surface area contributed by atoms with Crippen molar-refractivity contribution in [3.63, 3.8) is 0 Å². The lowest BCUT2D eigenvalue weighted by Crippen LogP contribution is -2.42. The number of nitrogens with one attached hydrogen (secondary N) is 1. The second kappa shape index (κ2) is 10.6. The third kappa shape index (κ3) is 6.26. The maximum atomic E-state index is 12.4. The number of amides is 2. The molecule has 0 heterocycles. The number of aliphatic carboxylic acids is 1. The highest BCUT2D eigenvalue weighted by Gasteiger charge is 2.30. The molecule has 0 aliphatic heterocycles. The molecule has 2 amide bonds. The Hall–Kier alpha value is -3.59. The fourth-order valence-electron chi connectivity index (χ4n) is 3.89. The quantitative estimate of drug-likeness (QED) is 0.386. The lowest BCUT2D eigenvalue weighted by Gasteiger charge is -2.23. The van der Waals surface area contributed by atoms with Gasteiger partial charge >= 0.3 is 18.2 Å². The highest BCUT2D eigenvalue weighted by atomic mass is 16.6. The monoisotopic (exact) mass is 470 g/mol. The van der Waals surface area contributed by atoms with Gasteiger partial charge in [-0.3, -0.25) is 5.21 Å². The van der Waals surface area contributed by atoms with Crippen LogP contribution in [-0.2, 0) is 14.3 Å². The molecule has 34 heavy (non-hydrogen) atoms. The molecule has 0 radical (unpaired) electrons. The Labute approximate surface area is 198 Å². The van der Waals surface area contributed by atoms with Crippen molar-refractivity contribution in [2.45, 2.75) is 51.2 Å². The Balaban J connectivity index is 1.52. The molecule has 9 heteroatoms. The van der Waals surface area contributed by atoms with E-state index in [0.717, 1.165) is 22.3 Å². The summed E-state index contributed by atoms with van der Waals surface area (Å²) >= 11 is 0. The van der Waals surface area contributed by atoms with Crippen LogP contribution in [0, 0.1) is 0 Å². The summed E-state index contributed by atoms with van der Waals surface area (Å²) in [6, 6.07) is 14.6. The predicted molar refractivity (Wildman–Crippen MR) is 124 cm³/mol. The molecule has 0 fully saturated rings. The van der Waals surface area contributed by atoms with Gasteiger partial charge in [0.25, 0.3) is 0 Å². The number of carbonyl (C=O) groups excluding carboxylic acids is 2. The van der Waals surface area contributed by atoms with Crippen LogP contribution in [0.2, 0.25) is 0 Å². The van der Waals surface area contributed by atoms with E-state index in [9.17, 15) is 24.7 Å². The minimum atomic E-state index is -1.24. The highest BCUT2D eigenvalue weighted by molar-refractivity contribution is 5.81. The van der Waals surface area contributed by atoms with Gasteiger partial charge in [0.15, 0.2) is 0 Å². The van der Waals surface area contributed by atoms with Crippen molar-refractivity contribution in [2.24, 2.45) is 0 Å². The van der Waals surface area contributed by atoms with Crippen molar-refractivity contribution in [2.75, 3.05) is 13.2 Å². The van der Waals surface area contributed by atoms with E-state index in [-0.39, 0.29) is 31.9 Å². The first-order valence-corrected chi connectivity index (χ1v) is 11.1. The lowest BCUT2D eigenvalue weighted by atomic mass is 9.98. The maximum Gasteiger partial charge on any atom is 0.434 e. The van der Waals surface area contributed by atoms with Crippen molar-refractivity contribution in [3.8, 4) is 11.1 Å². The third-order valence-corrected chi connectivity index (χ3v) is 5.40. The molecule has 3 rings (SSSR count). The SMILES string of the molecule is CC(C)(C)OC(=O)N(O)CCC[C@H](NC(=O)OCC1c2ccccc2-c2ccccc21)C(=O)O. The molecule has 0 saturated heterocycles. The minimum Gasteiger partial charge on any atom is -0.480 e. The molecular formula is C25H30N2O7. The standard InChI is InChI=1S/C25H30N2O7/c1-25(2,3)34-24(31)27(32)14-8-13-21(22(28)29)26-23(30)33-15-20-18-11-6-4-9-16(18)17-10-5-7-12-19(17)20/h4-7,9-12,20-21,32H,8,13-15H2,1-3H3,(H,26,30)(H,28,29)/t21-/m0/s1. The van der Waals surface area contributed by atoms with Gasteiger partial charge in [-0.15, -0.1) is 0 Å². The number of carbonyl (C=O) groups is 3. The van der Waals surface area contributed by atoms with Crippen molar-refractivity contribution in [1.82, 2.24) is 10.4 Å². The molecule has 2 aromatic rings. The zero-order chi connectivity index (χ0) is 24.9. The highest BCUT2D eigenvalue weighted by Crippen LogP contribution is 2.44. The first-order chi connectivity index (χ1) is 16.1. The zero-order valence-electron chi connectivity index (χ0n) is 19.5. The third-order valence-electron chi connectivity index (χ3n) is 5.40. The second-order valence-corrected chi connectivity index (χ2v) is 9.11. The number of hydrogen-bond donors (Lipinski definition) is 3. The molecular weight excluding hydrogens is 440 g/mol. The van der Waals surface area contributed by atoms with Gasteiger partial charge in [0.2, 0.25) is 0 Å². The van der Waals surface area contributed by atoms with Gasteiger partial charge in [-0.2, -0.15) is 5.06 Å². The fraction of sp³-hybridized carbons (Fsp3) is 0.400. The van der Waals surface area contributed by atoms with Crippen LogP contribution >= 0.6 is 0 Å². The number of hydroxylamine groups is 2. The summed E-state index contributed by atoms with van der Waals surface area (Å²) in [5, 5.41) is 22.0. The molecule has 0 bridgehead atoms. The summed E-state index contributed by atoms with van der Waals surface area (Å²) in [7, 11) is 0. The van der Waals surface area contributed by atoms with Crippen LogP contribution in [-0.4, -0.2) is 58.3 Å². The van der Waals surface area contributed by atoms with Crippen LogP contribution in [0.5, 0.6) is 0 Å². The van der Waals surface area contributed by atoms with E-state index < -0.39 is 29.8 Å². The summed E-state index contributed by atoms with van der Waals surface area (Å²) in [4.78, 5) is 35.7. The number of hydrogen-bond acceptors (Lipinski definition) is 6.